The molecule has 0 bridgehead atoms. The van der Waals surface area contributed by atoms with Gasteiger partial charge in [0.15, 0.2) is 6.10 Å². The third-order valence-electron chi connectivity index (χ3n) is 7.60. The lowest BCUT2D eigenvalue weighted by atomic mass is 9.93. The molecule has 0 aliphatic heterocycles. The van der Waals surface area contributed by atoms with Gasteiger partial charge < -0.3 is 18.9 Å². The van der Waals surface area contributed by atoms with E-state index in [-0.39, 0.29) is 12.1 Å². The van der Waals surface area contributed by atoms with Gasteiger partial charge in [0.25, 0.3) is 0 Å². The molecule has 0 N–H and O–H groups in total. The van der Waals surface area contributed by atoms with Gasteiger partial charge in [0, 0.05) is 13.0 Å². The van der Waals surface area contributed by atoms with Gasteiger partial charge in [-0.3, -0.25) is 0 Å². The number of fused-ring (bicyclic) bond motifs is 2. The Morgan fingerprint density at radius 1 is 0.698 bits per heavy atom. The van der Waals surface area contributed by atoms with Crippen molar-refractivity contribution >= 4 is 18.1 Å². The average Bonchev–Trinajstić information content (AvgIpc) is 3.19. The maximum atomic E-state index is 12.2. The molecule has 4 aromatic carbocycles. The van der Waals surface area contributed by atoms with Crippen molar-refractivity contribution in [2.24, 2.45) is 0 Å². The molecule has 5 rings (SSSR count). The Bertz CT molecular complexity index is 1490. The second-order valence-corrected chi connectivity index (χ2v) is 10.6. The van der Waals surface area contributed by atoms with E-state index in [2.05, 4.69) is 84.9 Å². The van der Waals surface area contributed by atoms with Crippen LogP contribution >= 0.6 is 0 Å². The van der Waals surface area contributed by atoms with Crippen LogP contribution in [0.4, 0.5) is 0 Å². The summed E-state index contributed by atoms with van der Waals surface area (Å²) in [5, 5.41) is 0. The number of aryl methyl sites for hydroxylation is 2. The first-order valence-corrected chi connectivity index (χ1v) is 15.2. The molecular formula is C38H40O5. The van der Waals surface area contributed by atoms with E-state index in [1.807, 2.05) is 31.2 Å². The van der Waals surface area contributed by atoms with Crippen molar-refractivity contribution in [3.63, 3.8) is 0 Å². The fourth-order valence-electron chi connectivity index (χ4n) is 5.43. The molecule has 5 heteroatoms. The lowest BCUT2D eigenvalue weighted by Gasteiger charge is -2.22. The molecule has 1 aliphatic rings. The van der Waals surface area contributed by atoms with Crippen molar-refractivity contribution in [1.29, 1.82) is 0 Å². The molecule has 2 atom stereocenters. The zero-order valence-electron chi connectivity index (χ0n) is 25.0. The minimum Gasteiger partial charge on any atom is -0.491 e. The lowest BCUT2D eigenvalue weighted by molar-refractivity contribution is -0.156. The van der Waals surface area contributed by atoms with E-state index in [1.54, 1.807) is 6.92 Å². The summed E-state index contributed by atoms with van der Waals surface area (Å²) >= 11 is 0. The predicted molar refractivity (Wildman–Crippen MR) is 171 cm³/mol. The van der Waals surface area contributed by atoms with Crippen LogP contribution in [0, 0.1) is 0 Å². The van der Waals surface area contributed by atoms with E-state index >= 15 is 0 Å². The van der Waals surface area contributed by atoms with Crippen molar-refractivity contribution in [2.45, 2.75) is 45.3 Å². The van der Waals surface area contributed by atoms with Gasteiger partial charge in [-0.05, 0) is 77.8 Å². The highest BCUT2D eigenvalue weighted by Crippen LogP contribution is 2.36. The lowest BCUT2D eigenvalue weighted by Crippen LogP contribution is -2.28. The Labute approximate surface area is 255 Å². The molecule has 5 nitrogen and oxygen atoms in total. The fourth-order valence-corrected chi connectivity index (χ4v) is 5.43. The van der Waals surface area contributed by atoms with Gasteiger partial charge in [0.05, 0.1) is 13.2 Å². The molecule has 0 radical (unpaired) electrons. The first kappa shape index (κ1) is 30.3. The fraction of sp³-hybridized carbons (Fsp3) is 0.289. The molecule has 0 saturated heterocycles. The van der Waals surface area contributed by atoms with Crippen molar-refractivity contribution in [3.8, 4) is 5.75 Å². The van der Waals surface area contributed by atoms with Crippen LogP contribution in [-0.2, 0) is 38.3 Å². The van der Waals surface area contributed by atoms with Crippen LogP contribution in [0.3, 0.4) is 0 Å². The summed E-state index contributed by atoms with van der Waals surface area (Å²) in [6.07, 6.45) is 5.99. The van der Waals surface area contributed by atoms with E-state index in [0.29, 0.717) is 32.8 Å². The van der Waals surface area contributed by atoms with Gasteiger partial charge in [-0.15, -0.1) is 0 Å². The second kappa shape index (κ2) is 15.3. The van der Waals surface area contributed by atoms with Crippen LogP contribution in [0.25, 0.3) is 12.2 Å². The molecule has 222 valence electrons. The summed E-state index contributed by atoms with van der Waals surface area (Å²) in [5.41, 5.74) is 8.31. The summed E-state index contributed by atoms with van der Waals surface area (Å²) in [6.45, 7) is 5.31. The van der Waals surface area contributed by atoms with Gasteiger partial charge in [0.2, 0.25) is 0 Å². The summed E-state index contributed by atoms with van der Waals surface area (Å²) in [7, 11) is 0. The standard InChI is InChI=1S/C38H40O5/c1-3-40-36(38(39)41-4-2)27-30-17-22-33(23-18-30)42-24-25-43-37-34-13-9-8-12-31(34)20-21-32-19-16-29(26-35(32)37)15-14-28-10-6-5-7-11-28/h5-13,16-23,26,36-37H,3-4,14-15,24-25,27H2,1-2H3. The van der Waals surface area contributed by atoms with Crippen LogP contribution in [0.15, 0.2) is 97.1 Å². The van der Waals surface area contributed by atoms with Crippen molar-refractivity contribution in [3.05, 3.63) is 136 Å². The van der Waals surface area contributed by atoms with Crippen LogP contribution in [0.1, 0.15) is 58.9 Å². The van der Waals surface area contributed by atoms with Crippen LogP contribution in [0.5, 0.6) is 5.75 Å². The Hall–Kier alpha value is -4.19. The molecule has 0 heterocycles. The van der Waals surface area contributed by atoms with Gasteiger partial charge in [0.1, 0.15) is 18.5 Å². The normalized spacial score (nSPS) is 14.3. The second-order valence-electron chi connectivity index (χ2n) is 10.6. The van der Waals surface area contributed by atoms with Crippen LogP contribution in [-0.4, -0.2) is 38.5 Å². The number of benzene rings is 4. The number of carbonyl (C=O) groups excluding carboxylic acids is 1. The molecule has 4 aromatic rings. The molecule has 0 aromatic heterocycles. The third-order valence-corrected chi connectivity index (χ3v) is 7.60. The number of esters is 1. The zero-order valence-corrected chi connectivity index (χ0v) is 25.0. The maximum Gasteiger partial charge on any atom is 0.335 e. The summed E-state index contributed by atoms with van der Waals surface area (Å²) in [5.74, 6) is 0.421. The Morgan fingerprint density at radius 3 is 2.16 bits per heavy atom. The first-order valence-electron chi connectivity index (χ1n) is 15.2. The third kappa shape index (κ3) is 8.22. The molecule has 0 amide bonds. The molecule has 43 heavy (non-hydrogen) atoms. The minimum absolute atomic E-state index is 0.192. The van der Waals surface area contributed by atoms with Crippen molar-refractivity contribution < 1.29 is 23.7 Å². The monoisotopic (exact) mass is 576 g/mol. The molecule has 0 spiro atoms. The predicted octanol–water partition coefficient (Wildman–Crippen LogP) is 7.65. The number of carbonyl (C=O) groups is 1. The van der Waals surface area contributed by atoms with Gasteiger partial charge in [-0.2, -0.15) is 0 Å². The SMILES string of the molecule is CCOC(=O)C(Cc1ccc(OCCOC2c3ccccc3C=Cc3ccc(CCc4ccccc4)cc32)cc1)OCC. The topological polar surface area (TPSA) is 54.0 Å². The van der Waals surface area contributed by atoms with Gasteiger partial charge in [-0.25, -0.2) is 4.79 Å². The largest absolute Gasteiger partial charge is 0.491 e. The number of rotatable bonds is 14. The zero-order chi connectivity index (χ0) is 29.9. The number of hydrogen-bond donors (Lipinski definition) is 0. The highest BCUT2D eigenvalue weighted by molar-refractivity contribution is 5.76. The highest BCUT2D eigenvalue weighted by atomic mass is 16.6. The Balaban J connectivity index is 1.22. The summed E-state index contributed by atoms with van der Waals surface area (Å²) in [4.78, 5) is 12.2. The van der Waals surface area contributed by atoms with Gasteiger partial charge >= 0.3 is 5.97 Å². The van der Waals surface area contributed by atoms with E-state index in [1.165, 1.54) is 27.8 Å². The first-order chi connectivity index (χ1) is 21.1. The number of ether oxygens (including phenoxy) is 4. The Morgan fingerprint density at radius 2 is 1.40 bits per heavy atom. The highest BCUT2D eigenvalue weighted by Gasteiger charge is 2.23. The van der Waals surface area contributed by atoms with Crippen molar-refractivity contribution in [2.75, 3.05) is 26.4 Å². The van der Waals surface area contributed by atoms with Crippen LogP contribution < -0.4 is 4.74 Å². The van der Waals surface area contributed by atoms with E-state index in [0.717, 1.165) is 29.7 Å². The van der Waals surface area contributed by atoms with Gasteiger partial charge in [-0.1, -0.05) is 97.1 Å². The molecular weight excluding hydrogens is 536 g/mol. The van der Waals surface area contributed by atoms with E-state index in [4.69, 9.17) is 18.9 Å². The molecule has 2 unspecified atom stereocenters. The summed E-state index contributed by atoms with van der Waals surface area (Å²) in [6, 6.07) is 33.6. The van der Waals surface area contributed by atoms with E-state index < -0.39 is 6.10 Å². The summed E-state index contributed by atoms with van der Waals surface area (Å²) < 4.78 is 23.4. The number of hydrogen-bond acceptors (Lipinski definition) is 5. The maximum absolute atomic E-state index is 12.2. The van der Waals surface area contributed by atoms with Crippen LogP contribution in [0.2, 0.25) is 0 Å². The average molecular weight is 577 g/mol. The van der Waals surface area contributed by atoms with E-state index in [9.17, 15) is 4.79 Å². The molecule has 1 aliphatic carbocycles. The smallest absolute Gasteiger partial charge is 0.335 e. The molecule has 0 saturated carbocycles. The quantitative estimate of drug-likeness (QED) is 0.114. The van der Waals surface area contributed by atoms with Crippen molar-refractivity contribution in [1.82, 2.24) is 0 Å². The Kier molecular flexibility index (Phi) is 10.8. The molecule has 0 fully saturated rings. The minimum atomic E-state index is -0.608.